The molecular weight excluding hydrogens is 412 g/mol. The van der Waals surface area contributed by atoms with Crippen LogP contribution in [0.3, 0.4) is 0 Å². The highest BCUT2D eigenvalue weighted by atomic mass is 16.6. The standard InChI is InChI=1S/C13H21NO3.C11H17NO3/c1-5-7-10(6-2)12(15)14-11(9(3)4)8-17-13(14)16;1-4-5-6-10(13)12-9(8(2)3)7-15-11(12)14/h5,9-11H,1,6-8H2,2-4H3;4,8-9H,1,5-7H2,2-3H3/t10-,11+;9-/m01/s1. The van der Waals surface area contributed by atoms with Gasteiger partial charge in [-0.15, -0.1) is 13.2 Å². The van der Waals surface area contributed by atoms with Gasteiger partial charge in [0.2, 0.25) is 11.8 Å². The Kier molecular flexibility index (Phi) is 11.2. The second-order valence-electron chi connectivity index (χ2n) is 8.71. The molecule has 32 heavy (non-hydrogen) atoms. The maximum absolute atomic E-state index is 12.3. The molecule has 0 aliphatic carbocycles. The van der Waals surface area contributed by atoms with E-state index in [1.807, 2.05) is 34.6 Å². The van der Waals surface area contributed by atoms with Crippen molar-refractivity contribution < 1.29 is 28.7 Å². The Hall–Kier alpha value is -2.64. The average Bonchev–Trinajstić information content (AvgIpc) is 3.33. The van der Waals surface area contributed by atoms with E-state index in [1.165, 1.54) is 9.80 Å². The lowest BCUT2D eigenvalue weighted by Crippen LogP contribution is -2.44. The van der Waals surface area contributed by atoms with Crippen molar-refractivity contribution in [1.82, 2.24) is 9.80 Å². The van der Waals surface area contributed by atoms with Crippen LogP contribution in [-0.2, 0) is 19.1 Å². The Morgan fingerprint density at radius 3 is 1.91 bits per heavy atom. The fourth-order valence-electron chi connectivity index (χ4n) is 3.58. The molecule has 2 rings (SSSR count). The normalized spacial score (nSPS) is 21.1. The maximum Gasteiger partial charge on any atom is 0.416 e. The van der Waals surface area contributed by atoms with E-state index in [1.54, 1.807) is 12.2 Å². The second kappa shape index (κ2) is 13.0. The molecule has 8 heteroatoms. The van der Waals surface area contributed by atoms with Crippen molar-refractivity contribution in [2.45, 2.75) is 72.4 Å². The molecule has 0 unspecified atom stereocenters. The van der Waals surface area contributed by atoms with Crippen LogP contribution >= 0.6 is 0 Å². The largest absolute Gasteiger partial charge is 0.447 e. The topological polar surface area (TPSA) is 93.2 Å². The summed E-state index contributed by atoms with van der Waals surface area (Å²) in [5.41, 5.74) is 0. The number of cyclic esters (lactones) is 2. The molecule has 8 nitrogen and oxygen atoms in total. The molecule has 2 fully saturated rings. The van der Waals surface area contributed by atoms with E-state index in [4.69, 9.17) is 9.47 Å². The first kappa shape index (κ1) is 27.4. The molecular formula is C24H38N2O6. The number of hydrogen-bond donors (Lipinski definition) is 0. The molecule has 0 aromatic carbocycles. The van der Waals surface area contributed by atoms with Gasteiger partial charge in [-0.1, -0.05) is 46.8 Å². The van der Waals surface area contributed by atoms with Crippen LogP contribution in [0.4, 0.5) is 9.59 Å². The zero-order chi connectivity index (χ0) is 24.4. The van der Waals surface area contributed by atoms with Gasteiger partial charge < -0.3 is 9.47 Å². The molecule has 0 radical (unpaired) electrons. The van der Waals surface area contributed by atoms with Crippen LogP contribution in [-0.4, -0.2) is 59.1 Å². The van der Waals surface area contributed by atoms with Crippen LogP contribution in [0.25, 0.3) is 0 Å². The van der Waals surface area contributed by atoms with Gasteiger partial charge >= 0.3 is 12.2 Å². The zero-order valence-electron chi connectivity index (χ0n) is 20.0. The quantitative estimate of drug-likeness (QED) is 0.479. The van der Waals surface area contributed by atoms with Gasteiger partial charge in [0.05, 0.1) is 12.1 Å². The molecule has 2 aliphatic rings. The number of amides is 4. The number of rotatable bonds is 9. The van der Waals surface area contributed by atoms with Crippen molar-refractivity contribution in [2.75, 3.05) is 13.2 Å². The Morgan fingerprint density at radius 1 is 0.969 bits per heavy atom. The molecule has 0 bridgehead atoms. The highest BCUT2D eigenvalue weighted by Crippen LogP contribution is 2.24. The Bertz CT molecular complexity index is 703. The van der Waals surface area contributed by atoms with Gasteiger partial charge in [-0.3, -0.25) is 9.59 Å². The van der Waals surface area contributed by atoms with Gasteiger partial charge in [-0.2, -0.15) is 0 Å². The van der Waals surface area contributed by atoms with E-state index >= 15 is 0 Å². The van der Waals surface area contributed by atoms with Crippen LogP contribution in [0.1, 0.15) is 60.3 Å². The highest BCUT2D eigenvalue weighted by molar-refractivity contribution is 5.95. The van der Waals surface area contributed by atoms with Crippen LogP contribution in [0.15, 0.2) is 25.3 Å². The van der Waals surface area contributed by atoms with Gasteiger partial charge in [0.15, 0.2) is 0 Å². The van der Waals surface area contributed by atoms with Crippen molar-refractivity contribution in [2.24, 2.45) is 17.8 Å². The molecule has 0 aromatic rings. The zero-order valence-corrected chi connectivity index (χ0v) is 20.0. The minimum absolute atomic E-state index is 0.116. The summed E-state index contributed by atoms with van der Waals surface area (Å²) in [5, 5.41) is 0. The molecule has 0 spiro atoms. The van der Waals surface area contributed by atoms with E-state index < -0.39 is 12.2 Å². The van der Waals surface area contributed by atoms with Crippen molar-refractivity contribution in [1.29, 1.82) is 0 Å². The monoisotopic (exact) mass is 450 g/mol. The fourth-order valence-corrected chi connectivity index (χ4v) is 3.58. The molecule has 4 amide bonds. The highest BCUT2D eigenvalue weighted by Gasteiger charge is 2.41. The van der Waals surface area contributed by atoms with Crippen LogP contribution in [0.5, 0.6) is 0 Å². The lowest BCUT2D eigenvalue weighted by molar-refractivity contribution is -0.134. The fraction of sp³-hybridized carbons (Fsp3) is 0.667. The number of allylic oxidation sites excluding steroid dienone is 2. The van der Waals surface area contributed by atoms with Gasteiger partial charge in [0.1, 0.15) is 13.2 Å². The number of imide groups is 2. The summed E-state index contributed by atoms with van der Waals surface area (Å²) in [6.45, 7) is 17.7. The molecule has 2 heterocycles. The smallest absolute Gasteiger partial charge is 0.416 e. The van der Waals surface area contributed by atoms with Crippen LogP contribution in [0, 0.1) is 17.8 Å². The van der Waals surface area contributed by atoms with Crippen molar-refractivity contribution in [3.63, 3.8) is 0 Å². The molecule has 0 saturated carbocycles. The average molecular weight is 451 g/mol. The van der Waals surface area contributed by atoms with Crippen molar-refractivity contribution in [3.8, 4) is 0 Å². The van der Waals surface area contributed by atoms with E-state index in [0.29, 0.717) is 38.9 Å². The number of carbonyl (C=O) groups is 4. The third-order valence-corrected chi connectivity index (χ3v) is 5.71. The number of nitrogens with zero attached hydrogens (tertiary/aromatic N) is 2. The molecule has 2 saturated heterocycles. The third kappa shape index (κ3) is 6.93. The van der Waals surface area contributed by atoms with Crippen LogP contribution < -0.4 is 0 Å². The van der Waals surface area contributed by atoms with Gasteiger partial charge in [-0.05, 0) is 31.1 Å². The summed E-state index contributed by atoms with van der Waals surface area (Å²) >= 11 is 0. The second-order valence-corrected chi connectivity index (χ2v) is 8.71. The Balaban J connectivity index is 0.000000323. The Labute approximate surface area is 191 Å². The summed E-state index contributed by atoms with van der Waals surface area (Å²) in [4.78, 5) is 49.5. The van der Waals surface area contributed by atoms with E-state index in [9.17, 15) is 19.2 Å². The summed E-state index contributed by atoms with van der Waals surface area (Å²) in [5.74, 6) is -0.0279. The van der Waals surface area contributed by atoms with Gasteiger partial charge in [-0.25, -0.2) is 19.4 Å². The lowest BCUT2D eigenvalue weighted by Gasteiger charge is -2.25. The first-order valence-corrected chi connectivity index (χ1v) is 11.3. The summed E-state index contributed by atoms with van der Waals surface area (Å²) in [6, 6.07) is -0.247. The van der Waals surface area contributed by atoms with E-state index in [-0.39, 0.29) is 41.7 Å². The Morgan fingerprint density at radius 2 is 1.47 bits per heavy atom. The third-order valence-electron chi connectivity index (χ3n) is 5.71. The first-order valence-electron chi connectivity index (χ1n) is 11.3. The van der Waals surface area contributed by atoms with Crippen LogP contribution in [0.2, 0.25) is 0 Å². The first-order chi connectivity index (χ1) is 15.1. The van der Waals surface area contributed by atoms with Crippen molar-refractivity contribution in [3.05, 3.63) is 25.3 Å². The molecule has 3 atom stereocenters. The molecule has 0 N–H and O–H groups in total. The summed E-state index contributed by atoms with van der Waals surface area (Å²) in [7, 11) is 0. The van der Waals surface area contributed by atoms with Crippen molar-refractivity contribution >= 4 is 24.0 Å². The van der Waals surface area contributed by atoms with Gasteiger partial charge in [0, 0.05) is 12.3 Å². The minimum atomic E-state index is -0.511. The summed E-state index contributed by atoms with van der Waals surface area (Å²) in [6.07, 6.45) is 4.60. The predicted octanol–water partition coefficient (Wildman–Crippen LogP) is 4.55. The number of hydrogen-bond acceptors (Lipinski definition) is 6. The number of carbonyl (C=O) groups excluding carboxylic acids is 4. The maximum atomic E-state index is 12.3. The predicted molar refractivity (Wildman–Crippen MR) is 122 cm³/mol. The minimum Gasteiger partial charge on any atom is -0.447 e. The SMILES string of the molecule is C=CCCC(=O)N1C(=O)OC[C@@H]1C(C)C.C=CC[C@H](CC)C(=O)N1C(=O)OC[C@@H]1C(C)C. The molecule has 2 aliphatic heterocycles. The summed E-state index contributed by atoms with van der Waals surface area (Å²) < 4.78 is 9.85. The lowest BCUT2D eigenvalue weighted by atomic mass is 9.98. The number of ether oxygens (including phenoxy) is 2. The van der Waals surface area contributed by atoms with E-state index in [2.05, 4.69) is 13.2 Å². The molecule has 0 aromatic heterocycles. The van der Waals surface area contributed by atoms with Gasteiger partial charge in [0.25, 0.3) is 0 Å². The van der Waals surface area contributed by atoms with E-state index in [0.717, 1.165) is 0 Å². The molecule has 180 valence electrons.